The monoisotopic (exact) mass is 216 g/mol. The Morgan fingerprint density at radius 3 is 3.06 bits per heavy atom. The summed E-state index contributed by atoms with van der Waals surface area (Å²) < 4.78 is 0. The van der Waals surface area contributed by atoms with Crippen molar-refractivity contribution in [2.75, 3.05) is 20.1 Å². The van der Waals surface area contributed by atoms with Gasteiger partial charge in [0.1, 0.15) is 0 Å². The molecule has 2 nitrogen and oxygen atoms in total. The minimum absolute atomic E-state index is 0.616. The fourth-order valence-electron chi connectivity index (χ4n) is 2.90. The molecule has 0 aromatic heterocycles. The third-order valence-electron chi connectivity index (χ3n) is 3.90. The van der Waals surface area contributed by atoms with Crippen LogP contribution in [0.5, 0.6) is 0 Å². The van der Waals surface area contributed by atoms with Gasteiger partial charge in [-0.3, -0.25) is 0 Å². The first-order valence-corrected chi connectivity index (χ1v) is 6.36. The van der Waals surface area contributed by atoms with Crippen LogP contribution in [0.15, 0.2) is 18.2 Å². The second-order valence-electron chi connectivity index (χ2n) is 5.16. The molecule has 0 spiro atoms. The van der Waals surface area contributed by atoms with E-state index in [-0.39, 0.29) is 0 Å². The second kappa shape index (κ2) is 4.19. The van der Waals surface area contributed by atoms with Crippen molar-refractivity contribution in [3.8, 4) is 0 Å². The maximum Gasteiger partial charge on any atom is 0.0320 e. The van der Waals surface area contributed by atoms with E-state index in [1.807, 2.05) is 0 Å². The van der Waals surface area contributed by atoms with Crippen LogP contribution in [0.1, 0.15) is 35.6 Å². The number of rotatable bonds is 1. The quantitative estimate of drug-likeness (QED) is 0.773. The first kappa shape index (κ1) is 10.3. The van der Waals surface area contributed by atoms with Crippen molar-refractivity contribution < 1.29 is 0 Å². The number of likely N-dealkylation sites (N-methyl/N-ethyl adjacent to an activating group) is 1. The van der Waals surface area contributed by atoms with Gasteiger partial charge in [0.05, 0.1) is 0 Å². The maximum atomic E-state index is 3.58. The Hall–Kier alpha value is -0.860. The molecule has 1 saturated heterocycles. The predicted molar refractivity (Wildman–Crippen MR) is 66.5 cm³/mol. The summed E-state index contributed by atoms with van der Waals surface area (Å²) in [5.41, 5.74) is 4.60. The molecule has 0 aliphatic carbocycles. The molecule has 1 N–H and O–H groups in total. The van der Waals surface area contributed by atoms with Gasteiger partial charge in [-0.1, -0.05) is 18.2 Å². The highest BCUT2D eigenvalue weighted by Gasteiger charge is 2.19. The number of nitrogens with one attached hydrogen (secondary N) is 1. The van der Waals surface area contributed by atoms with E-state index in [9.17, 15) is 0 Å². The van der Waals surface area contributed by atoms with Crippen LogP contribution in [-0.4, -0.2) is 25.0 Å². The Morgan fingerprint density at radius 2 is 2.25 bits per heavy atom. The van der Waals surface area contributed by atoms with Crippen molar-refractivity contribution in [1.29, 1.82) is 0 Å². The molecule has 0 bridgehead atoms. The first-order chi connectivity index (χ1) is 7.83. The summed E-state index contributed by atoms with van der Waals surface area (Å²) in [6.07, 6.45) is 3.84. The summed E-state index contributed by atoms with van der Waals surface area (Å²) in [5, 5.41) is 3.58. The van der Waals surface area contributed by atoms with Crippen molar-refractivity contribution in [2.24, 2.45) is 0 Å². The Bertz CT molecular complexity index is 380. The zero-order valence-electron chi connectivity index (χ0n) is 10.00. The third kappa shape index (κ3) is 1.87. The Balaban J connectivity index is 1.87. The van der Waals surface area contributed by atoms with E-state index in [0.717, 1.165) is 6.54 Å². The summed E-state index contributed by atoms with van der Waals surface area (Å²) in [4.78, 5) is 2.40. The highest BCUT2D eigenvalue weighted by Crippen LogP contribution is 2.27. The van der Waals surface area contributed by atoms with Crippen LogP contribution in [0, 0.1) is 0 Å². The number of hydrogen-bond acceptors (Lipinski definition) is 2. The third-order valence-corrected chi connectivity index (χ3v) is 3.90. The molecule has 3 rings (SSSR count). The standard InChI is InChI=1S/C14H20N2/c1-16-8-6-11-9-12(4-5-13(11)10-16)14-3-2-7-15-14/h4-5,9,14-15H,2-3,6-8,10H2,1H3. The molecule has 2 heteroatoms. The molecule has 86 valence electrons. The largest absolute Gasteiger partial charge is 0.310 e. The van der Waals surface area contributed by atoms with Crippen molar-refractivity contribution in [3.63, 3.8) is 0 Å². The Kier molecular flexibility index (Phi) is 2.70. The highest BCUT2D eigenvalue weighted by atomic mass is 15.1. The topological polar surface area (TPSA) is 15.3 Å². The van der Waals surface area contributed by atoms with Crippen molar-refractivity contribution in [1.82, 2.24) is 10.2 Å². The molecular formula is C14H20N2. The van der Waals surface area contributed by atoms with Gasteiger partial charge in [0.2, 0.25) is 0 Å². The molecule has 1 unspecified atom stereocenters. The van der Waals surface area contributed by atoms with Crippen LogP contribution >= 0.6 is 0 Å². The van der Waals surface area contributed by atoms with Gasteiger partial charge in [-0.15, -0.1) is 0 Å². The molecule has 0 amide bonds. The van der Waals surface area contributed by atoms with E-state index >= 15 is 0 Å². The van der Waals surface area contributed by atoms with Gasteiger partial charge in [-0.25, -0.2) is 0 Å². The van der Waals surface area contributed by atoms with Crippen LogP contribution < -0.4 is 5.32 Å². The molecule has 1 aromatic carbocycles. The minimum Gasteiger partial charge on any atom is -0.310 e. The maximum absolute atomic E-state index is 3.58. The van der Waals surface area contributed by atoms with Crippen LogP contribution in [-0.2, 0) is 13.0 Å². The normalized spacial score (nSPS) is 25.7. The van der Waals surface area contributed by atoms with Gasteiger partial charge >= 0.3 is 0 Å². The van der Waals surface area contributed by atoms with E-state index in [4.69, 9.17) is 0 Å². The summed E-state index contributed by atoms with van der Waals surface area (Å²) in [5.74, 6) is 0. The van der Waals surface area contributed by atoms with Crippen molar-refractivity contribution in [2.45, 2.75) is 31.8 Å². The second-order valence-corrected chi connectivity index (χ2v) is 5.16. The zero-order valence-corrected chi connectivity index (χ0v) is 10.00. The first-order valence-electron chi connectivity index (χ1n) is 6.36. The molecule has 2 heterocycles. The molecule has 0 saturated carbocycles. The smallest absolute Gasteiger partial charge is 0.0320 e. The summed E-state index contributed by atoms with van der Waals surface area (Å²) >= 11 is 0. The summed E-state index contributed by atoms with van der Waals surface area (Å²) in [6.45, 7) is 3.51. The molecule has 2 aliphatic heterocycles. The SMILES string of the molecule is CN1CCc2cc(C3CCCN3)ccc2C1. The van der Waals surface area contributed by atoms with Gasteiger partial charge in [-0.05, 0) is 49.5 Å². The van der Waals surface area contributed by atoms with E-state index < -0.39 is 0 Å². The lowest BCUT2D eigenvalue weighted by atomic mass is 9.94. The van der Waals surface area contributed by atoms with Crippen molar-refractivity contribution >= 4 is 0 Å². The molecule has 0 radical (unpaired) electrons. The number of nitrogens with zero attached hydrogens (tertiary/aromatic N) is 1. The molecule has 1 atom stereocenters. The van der Waals surface area contributed by atoms with E-state index in [0.29, 0.717) is 6.04 Å². The van der Waals surface area contributed by atoms with E-state index in [2.05, 4.69) is 35.5 Å². The fraction of sp³-hybridized carbons (Fsp3) is 0.571. The number of hydrogen-bond donors (Lipinski definition) is 1. The van der Waals surface area contributed by atoms with E-state index in [1.165, 1.54) is 43.5 Å². The van der Waals surface area contributed by atoms with Crippen LogP contribution in [0.25, 0.3) is 0 Å². The molecular weight excluding hydrogens is 196 g/mol. The van der Waals surface area contributed by atoms with Crippen LogP contribution in [0.3, 0.4) is 0 Å². The highest BCUT2D eigenvalue weighted by molar-refractivity contribution is 5.35. The summed E-state index contributed by atoms with van der Waals surface area (Å²) in [6, 6.07) is 7.71. The number of fused-ring (bicyclic) bond motifs is 1. The van der Waals surface area contributed by atoms with Gasteiger partial charge < -0.3 is 10.2 Å². The number of benzene rings is 1. The molecule has 1 aromatic rings. The lowest BCUT2D eigenvalue weighted by molar-refractivity contribution is 0.312. The van der Waals surface area contributed by atoms with Gasteiger partial charge in [0.15, 0.2) is 0 Å². The molecule has 1 fully saturated rings. The molecule has 16 heavy (non-hydrogen) atoms. The predicted octanol–water partition coefficient (Wildman–Crippen LogP) is 2.10. The van der Waals surface area contributed by atoms with Gasteiger partial charge in [-0.2, -0.15) is 0 Å². The fourth-order valence-corrected chi connectivity index (χ4v) is 2.90. The zero-order chi connectivity index (χ0) is 11.0. The average molecular weight is 216 g/mol. The van der Waals surface area contributed by atoms with Gasteiger partial charge in [0.25, 0.3) is 0 Å². The van der Waals surface area contributed by atoms with Gasteiger partial charge in [0, 0.05) is 19.1 Å². The van der Waals surface area contributed by atoms with Crippen molar-refractivity contribution in [3.05, 3.63) is 34.9 Å². The minimum atomic E-state index is 0.616. The van der Waals surface area contributed by atoms with Crippen LogP contribution in [0.2, 0.25) is 0 Å². The lowest BCUT2D eigenvalue weighted by Gasteiger charge is -2.26. The summed E-state index contributed by atoms with van der Waals surface area (Å²) in [7, 11) is 2.20. The van der Waals surface area contributed by atoms with E-state index in [1.54, 1.807) is 5.56 Å². The average Bonchev–Trinajstić information content (AvgIpc) is 2.82. The Labute approximate surface area is 97.6 Å². The lowest BCUT2D eigenvalue weighted by Crippen LogP contribution is -2.26. The molecule has 2 aliphatic rings. The Morgan fingerprint density at radius 1 is 1.31 bits per heavy atom. The van der Waals surface area contributed by atoms with Crippen LogP contribution in [0.4, 0.5) is 0 Å².